The molecule has 66 valence electrons. The summed E-state index contributed by atoms with van der Waals surface area (Å²) >= 11 is 1.90. The highest BCUT2D eigenvalue weighted by molar-refractivity contribution is 7.99. The molecule has 0 amide bonds. The first-order valence-corrected chi connectivity index (χ1v) is 5.22. The Kier molecular flexibility index (Phi) is 2.42. The van der Waals surface area contributed by atoms with Crippen molar-refractivity contribution in [1.29, 1.82) is 0 Å². The van der Waals surface area contributed by atoms with Crippen LogP contribution in [0, 0.1) is 12.8 Å². The summed E-state index contributed by atoms with van der Waals surface area (Å²) in [5.74, 6) is 3.13. The third-order valence-corrected chi connectivity index (χ3v) is 3.52. The molecule has 1 aromatic heterocycles. The fraction of sp³-hybridized carbons (Fsp3) is 0.556. The average molecular weight is 183 g/mol. The van der Waals surface area contributed by atoms with E-state index in [1.807, 2.05) is 24.8 Å². The Morgan fingerprint density at radius 1 is 1.67 bits per heavy atom. The molecule has 0 atom stereocenters. The number of hydrogen-bond donors (Lipinski definition) is 1. The zero-order valence-electron chi connectivity index (χ0n) is 7.17. The molecule has 2 heterocycles. The van der Waals surface area contributed by atoms with E-state index in [0.29, 0.717) is 0 Å². The summed E-state index contributed by atoms with van der Waals surface area (Å²) in [5.41, 5.74) is 0. The van der Waals surface area contributed by atoms with Crippen molar-refractivity contribution in [3.63, 3.8) is 0 Å². The molecule has 3 heteroatoms. The van der Waals surface area contributed by atoms with Gasteiger partial charge in [-0.2, -0.15) is 0 Å². The van der Waals surface area contributed by atoms with Crippen LogP contribution in [0.3, 0.4) is 0 Å². The lowest BCUT2D eigenvalue weighted by atomic mass is 10.1. The molecule has 1 aliphatic rings. The monoisotopic (exact) mass is 183 g/mol. The Labute approximate surface area is 76.7 Å². The molecule has 1 fully saturated rings. The highest BCUT2D eigenvalue weighted by atomic mass is 32.2. The average Bonchev–Trinajstić information content (AvgIpc) is 2.33. The second-order valence-corrected chi connectivity index (χ2v) is 4.24. The molecule has 2 nitrogen and oxygen atoms in total. The van der Waals surface area contributed by atoms with Crippen LogP contribution in [0.25, 0.3) is 0 Å². The number of hydrogen-bond acceptors (Lipinski definition) is 3. The van der Waals surface area contributed by atoms with Crippen LogP contribution in [-0.4, -0.2) is 18.8 Å². The minimum Gasteiger partial charge on any atom is -0.468 e. The lowest BCUT2D eigenvalue weighted by Gasteiger charge is -2.26. The van der Waals surface area contributed by atoms with Crippen LogP contribution in [0.1, 0.15) is 5.76 Å². The summed E-state index contributed by atoms with van der Waals surface area (Å²) in [5, 5.41) is 3.27. The van der Waals surface area contributed by atoms with Gasteiger partial charge in [-0.05, 0) is 32.0 Å². The SMILES string of the molecule is Cc1occc1SCC1CNC1. The van der Waals surface area contributed by atoms with Gasteiger partial charge in [0, 0.05) is 10.6 Å². The van der Waals surface area contributed by atoms with Crippen LogP contribution >= 0.6 is 11.8 Å². The Balaban J connectivity index is 1.82. The molecular formula is C9H13NOS. The molecule has 0 bridgehead atoms. The van der Waals surface area contributed by atoms with E-state index in [4.69, 9.17) is 4.42 Å². The van der Waals surface area contributed by atoms with Gasteiger partial charge in [0.05, 0.1) is 6.26 Å². The van der Waals surface area contributed by atoms with Crippen LogP contribution in [0.15, 0.2) is 21.6 Å². The van der Waals surface area contributed by atoms with Crippen LogP contribution < -0.4 is 5.32 Å². The van der Waals surface area contributed by atoms with E-state index < -0.39 is 0 Å². The van der Waals surface area contributed by atoms with Gasteiger partial charge in [0.15, 0.2) is 0 Å². The molecule has 0 spiro atoms. The van der Waals surface area contributed by atoms with E-state index in [9.17, 15) is 0 Å². The lowest BCUT2D eigenvalue weighted by molar-refractivity contribution is 0.385. The standard InChI is InChI=1S/C9H13NOS/c1-7-9(2-3-11-7)12-6-8-4-10-5-8/h2-3,8,10H,4-6H2,1H3. The van der Waals surface area contributed by atoms with Gasteiger partial charge in [0.2, 0.25) is 0 Å². The van der Waals surface area contributed by atoms with Crippen molar-refractivity contribution in [2.45, 2.75) is 11.8 Å². The molecule has 12 heavy (non-hydrogen) atoms. The quantitative estimate of drug-likeness (QED) is 0.725. The van der Waals surface area contributed by atoms with E-state index in [0.717, 1.165) is 11.7 Å². The molecule has 1 aromatic rings. The molecule has 0 radical (unpaired) electrons. The molecule has 1 saturated heterocycles. The first-order valence-electron chi connectivity index (χ1n) is 4.24. The second-order valence-electron chi connectivity index (χ2n) is 3.18. The maximum atomic E-state index is 5.21. The lowest BCUT2D eigenvalue weighted by Crippen LogP contribution is -2.43. The van der Waals surface area contributed by atoms with Crippen molar-refractivity contribution in [1.82, 2.24) is 5.32 Å². The van der Waals surface area contributed by atoms with Crippen LogP contribution in [0.4, 0.5) is 0 Å². The van der Waals surface area contributed by atoms with Crippen molar-refractivity contribution in [3.8, 4) is 0 Å². The van der Waals surface area contributed by atoms with Gasteiger partial charge in [-0.3, -0.25) is 0 Å². The summed E-state index contributed by atoms with van der Waals surface area (Å²) in [6.07, 6.45) is 1.76. The van der Waals surface area contributed by atoms with Crippen molar-refractivity contribution >= 4 is 11.8 Å². The fourth-order valence-electron chi connectivity index (χ4n) is 1.20. The van der Waals surface area contributed by atoms with E-state index in [2.05, 4.69) is 5.32 Å². The minimum atomic E-state index is 0.865. The predicted octanol–water partition coefficient (Wildman–Crippen LogP) is 1.90. The Bertz CT molecular complexity index is 255. The Hall–Kier alpha value is -0.410. The third-order valence-electron chi connectivity index (χ3n) is 2.15. The molecule has 0 saturated carbocycles. The molecule has 2 rings (SSSR count). The maximum absolute atomic E-state index is 5.21. The summed E-state index contributed by atoms with van der Waals surface area (Å²) in [6.45, 7) is 4.38. The topological polar surface area (TPSA) is 25.2 Å². The van der Waals surface area contributed by atoms with Crippen LogP contribution in [0.2, 0.25) is 0 Å². The molecule has 1 N–H and O–H groups in total. The van der Waals surface area contributed by atoms with Gasteiger partial charge >= 0.3 is 0 Å². The van der Waals surface area contributed by atoms with Crippen molar-refractivity contribution in [2.75, 3.05) is 18.8 Å². The van der Waals surface area contributed by atoms with Crippen LogP contribution in [0.5, 0.6) is 0 Å². The zero-order valence-corrected chi connectivity index (χ0v) is 7.99. The smallest absolute Gasteiger partial charge is 0.114 e. The third kappa shape index (κ3) is 1.67. The summed E-state index contributed by atoms with van der Waals surface area (Å²) < 4.78 is 5.21. The predicted molar refractivity (Wildman–Crippen MR) is 50.5 cm³/mol. The van der Waals surface area contributed by atoms with E-state index in [-0.39, 0.29) is 0 Å². The van der Waals surface area contributed by atoms with E-state index in [1.165, 1.54) is 23.7 Å². The molecule has 0 aromatic carbocycles. The summed E-state index contributed by atoms with van der Waals surface area (Å²) in [7, 11) is 0. The number of furan rings is 1. The zero-order chi connectivity index (χ0) is 8.39. The molecule has 0 unspecified atom stereocenters. The largest absolute Gasteiger partial charge is 0.468 e. The molecule has 0 aliphatic carbocycles. The normalized spacial score (nSPS) is 17.8. The Morgan fingerprint density at radius 2 is 2.50 bits per heavy atom. The minimum absolute atomic E-state index is 0.865. The molecular weight excluding hydrogens is 170 g/mol. The number of aryl methyl sites for hydroxylation is 1. The highest BCUT2D eigenvalue weighted by Gasteiger charge is 2.17. The first-order chi connectivity index (χ1) is 5.86. The number of thioether (sulfide) groups is 1. The van der Waals surface area contributed by atoms with Crippen molar-refractivity contribution < 1.29 is 4.42 Å². The van der Waals surface area contributed by atoms with E-state index in [1.54, 1.807) is 6.26 Å². The maximum Gasteiger partial charge on any atom is 0.114 e. The summed E-state index contributed by atoms with van der Waals surface area (Å²) in [6, 6.07) is 2.05. The van der Waals surface area contributed by atoms with E-state index >= 15 is 0 Å². The first kappa shape index (κ1) is 8.20. The van der Waals surface area contributed by atoms with Crippen molar-refractivity contribution in [2.24, 2.45) is 5.92 Å². The second kappa shape index (κ2) is 3.54. The highest BCUT2D eigenvalue weighted by Crippen LogP contribution is 2.25. The van der Waals surface area contributed by atoms with Crippen molar-refractivity contribution in [3.05, 3.63) is 18.1 Å². The Morgan fingerprint density at radius 3 is 3.00 bits per heavy atom. The summed E-state index contributed by atoms with van der Waals surface area (Å²) in [4.78, 5) is 1.29. The molecule has 1 aliphatic heterocycles. The number of nitrogens with one attached hydrogen (secondary N) is 1. The number of rotatable bonds is 3. The van der Waals surface area contributed by atoms with Gasteiger partial charge in [0.25, 0.3) is 0 Å². The fourth-order valence-corrected chi connectivity index (χ4v) is 2.25. The van der Waals surface area contributed by atoms with Crippen LogP contribution in [-0.2, 0) is 0 Å². The van der Waals surface area contributed by atoms with Gasteiger partial charge in [-0.1, -0.05) is 0 Å². The van der Waals surface area contributed by atoms with Gasteiger partial charge in [-0.25, -0.2) is 0 Å². The van der Waals surface area contributed by atoms with Gasteiger partial charge < -0.3 is 9.73 Å². The van der Waals surface area contributed by atoms with Gasteiger partial charge in [0.1, 0.15) is 5.76 Å². The van der Waals surface area contributed by atoms with Gasteiger partial charge in [-0.15, -0.1) is 11.8 Å².